The minimum Gasteiger partial charge on any atom is -0.382 e. The van der Waals surface area contributed by atoms with E-state index < -0.39 is 11.7 Å². The monoisotopic (exact) mass is 527 g/mol. The Morgan fingerprint density at radius 2 is 1.76 bits per heavy atom. The van der Waals surface area contributed by atoms with Gasteiger partial charge in [-0.15, -0.1) is 0 Å². The minimum absolute atomic E-state index is 0.0124. The maximum atomic E-state index is 13.2. The summed E-state index contributed by atoms with van der Waals surface area (Å²) in [4.78, 5) is 19.5. The molecule has 2 aliphatic rings. The highest BCUT2D eigenvalue weighted by Gasteiger charge is 2.34. The predicted molar refractivity (Wildman–Crippen MR) is 143 cm³/mol. The number of alkyl halides is 3. The van der Waals surface area contributed by atoms with E-state index in [1.807, 2.05) is 4.90 Å². The summed E-state index contributed by atoms with van der Waals surface area (Å²) >= 11 is 0. The lowest BCUT2D eigenvalue weighted by Crippen LogP contribution is -2.42. The van der Waals surface area contributed by atoms with Crippen molar-refractivity contribution >= 4 is 17.3 Å². The van der Waals surface area contributed by atoms with Crippen molar-refractivity contribution in [1.29, 1.82) is 5.26 Å². The van der Waals surface area contributed by atoms with Crippen LogP contribution < -0.4 is 10.2 Å². The minimum atomic E-state index is -4.58. The molecule has 4 rings (SSSR count). The van der Waals surface area contributed by atoms with Gasteiger partial charge in [-0.1, -0.05) is 17.7 Å². The van der Waals surface area contributed by atoms with Crippen LogP contribution in [0.25, 0.3) is 0 Å². The number of likely N-dealkylation sites (tertiary alicyclic amines) is 1. The quantitative estimate of drug-likeness (QED) is 0.531. The van der Waals surface area contributed by atoms with Crippen molar-refractivity contribution in [3.8, 4) is 6.07 Å². The van der Waals surface area contributed by atoms with Crippen LogP contribution in [0.15, 0.2) is 42.5 Å². The largest absolute Gasteiger partial charge is 0.417 e. The standard InChI is InChI=1S/C29H36F3N5O/c1-22-5-9-26(10-6-22)36-15-3-14-35(18-19-36)13-2-4-28(38)37-16-11-24(12-17-37)34-25-8-7-23(21-33)27(20-25)29(30,31)32/h5-10,20,24,34H,2-4,11-19H2,1H3. The fraction of sp³-hybridized carbons (Fsp3) is 0.517. The van der Waals surface area contributed by atoms with Crippen LogP contribution in [0.5, 0.6) is 0 Å². The lowest BCUT2D eigenvalue weighted by molar-refractivity contribution is -0.137. The summed E-state index contributed by atoms with van der Waals surface area (Å²) in [6, 6.07) is 14.0. The molecule has 0 aromatic heterocycles. The van der Waals surface area contributed by atoms with Crippen LogP contribution in [0.1, 0.15) is 48.8 Å². The van der Waals surface area contributed by atoms with E-state index in [1.54, 1.807) is 6.07 Å². The van der Waals surface area contributed by atoms with Crippen molar-refractivity contribution in [3.05, 3.63) is 59.2 Å². The Bertz CT molecular complexity index is 1120. The molecule has 6 nitrogen and oxygen atoms in total. The normalized spacial score (nSPS) is 17.7. The number of amides is 1. The van der Waals surface area contributed by atoms with Crippen molar-refractivity contribution in [1.82, 2.24) is 9.80 Å². The Morgan fingerprint density at radius 3 is 2.45 bits per heavy atom. The molecule has 0 radical (unpaired) electrons. The Morgan fingerprint density at radius 1 is 1.03 bits per heavy atom. The van der Waals surface area contributed by atoms with Gasteiger partial charge in [-0.05, 0) is 76.0 Å². The van der Waals surface area contributed by atoms with Crippen LogP contribution in [0.4, 0.5) is 24.5 Å². The number of aryl methyl sites for hydroxylation is 1. The van der Waals surface area contributed by atoms with Gasteiger partial charge in [0, 0.05) is 56.6 Å². The molecule has 204 valence electrons. The molecule has 2 aromatic rings. The van der Waals surface area contributed by atoms with Crippen LogP contribution in [-0.2, 0) is 11.0 Å². The maximum Gasteiger partial charge on any atom is 0.417 e. The summed E-state index contributed by atoms with van der Waals surface area (Å²) in [6.45, 7) is 8.25. The molecule has 1 N–H and O–H groups in total. The third-order valence-electron chi connectivity index (χ3n) is 7.52. The smallest absolute Gasteiger partial charge is 0.382 e. The van der Waals surface area contributed by atoms with Gasteiger partial charge in [0.05, 0.1) is 17.2 Å². The fourth-order valence-electron chi connectivity index (χ4n) is 5.30. The lowest BCUT2D eigenvalue weighted by atomic mass is 10.0. The third-order valence-corrected chi connectivity index (χ3v) is 7.52. The molecule has 2 aromatic carbocycles. The van der Waals surface area contributed by atoms with Gasteiger partial charge in [0.15, 0.2) is 0 Å². The van der Waals surface area contributed by atoms with Gasteiger partial charge >= 0.3 is 6.18 Å². The topological polar surface area (TPSA) is 62.6 Å². The molecule has 2 aliphatic heterocycles. The van der Waals surface area contributed by atoms with Crippen LogP contribution in [0, 0.1) is 18.3 Å². The maximum absolute atomic E-state index is 13.2. The molecule has 2 heterocycles. The molecular formula is C29H36F3N5O. The number of nitrogens with zero attached hydrogens (tertiary/aromatic N) is 4. The predicted octanol–water partition coefficient (Wildman–Crippen LogP) is 5.28. The number of piperidine rings is 1. The number of nitrogens with one attached hydrogen (secondary N) is 1. The number of carbonyl (C=O) groups is 1. The van der Waals surface area contributed by atoms with E-state index in [0.717, 1.165) is 51.6 Å². The molecule has 1 amide bonds. The first-order valence-electron chi connectivity index (χ1n) is 13.4. The zero-order valence-corrected chi connectivity index (χ0v) is 21.9. The number of halogens is 3. The van der Waals surface area contributed by atoms with E-state index in [4.69, 9.17) is 5.26 Å². The van der Waals surface area contributed by atoms with Crippen molar-refractivity contribution in [3.63, 3.8) is 0 Å². The average molecular weight is 528 g/mol. The Labute approximate surface area is 223 Å². The van der Waals surface area contributed by atoms with Crippen LogP contribution in [0.2, 0.25) is 0 Å². The van der Waals surface area contributed by atoms with E-state index in [0.29, 0.717) is 38.0 Å². The van der Waals surface area contributed by atoms with E-state index in [2.05, 4.69) is 46.3 Å². The highest BCUT2D eigenvalue weighted by Crippen LogP contribution is 2.34. The molecule has 0 spiro atoms. The van der Waals surface area contributed by atoms with Crippen LogP contribution in [0.3, 0.4) is 0 Å². The van der Waals surface area contributed by atoms with Crippen molar-refractivity contribution in [2.75, 3.05) is 56.0 Å². The van der Waals surface area contributed by atoms with Gasteiger partial charge in [0.2, 0.25) is 5.91 Å². The second-order valence-corrected chi connectivity index (χ2v) is 10.3. The molecule has 0 unspecified atom stereocenters. The van der Waals surface area contributed by atoms with Gasteiger partial charge in [-0.2, -0.15) is 18.4 Å². The number of hydrogen-bond acceptors (Lipinski definition) is 5. The molecule has 38 heavy (non-hydrogen) atoms. The Kier molecular flexibility index (Phi) is 9.16. The number of nitriles is 1. The highest BCUT2D eigenvalue weighted by atomic mass is 19.4. The van der Waals surface area contributed by atoms with Crippen LogP contribution >= 0.6 is 0 Å². The molecule has 9 heteroatoms. The van der Waals surface area contributed by atoms with E-state index >= 15 is 0 Å². The first kappa shape index (κ1) is 27.8. The van der Waals surface area contributed by atoms with Gasteiger partial charge in [0.25, 0.3) is 0 Å². The first-order chi connectivity index (χ1) is 18.2. The average Bonchev–Trinajstić information content (AvgIpc) is 3.15. The summed E-state index contributed by atoms with van der Waals surface area (Å²) in [7, 11) is 0. The van der Waals surface area contributed by atoms with E-state index in [1.165, 1.54) is 23.4 Å². The van der Waals surface area contributed by atoms with Crippen molar-refractivity contribution in [2.24, 2.45) is 0 Å². The van der Waals surface area contributed by atoms with E-state index in [9.17, 15) is 18.0 Å². The molecule has 0 bridgehead atoms. The zero-order chi connectivity index (χ0) is 27.1. The third kappa shape index (κ3) is 7.41. The molecule has 2 saturated heterocycles. The zero-order valence-electron chi connectivity index (χ0n) is 21.9. The number of carbonyl (C=O) groups excluding carboxylic acids is 1. The summed E-state index contributed by atoms with van der Waals surface area (Å²) in [5, 5.41) is 12.1. The lowest BCUT2D eigenvalue weighted by Gasteiger charge is -2.33. The van der Waals surface area contributed by atoms with E-state index in [-0.39, 0.29) is 17.5 Å². The first-order valence-corrected chi connectivity index (χ1v) is 13.4. The second-order valence-electron chi connectivity index (χ2n) is 10.3. The fourth-order valence-corrected chi connectivity index (χ4v) is 5.30. The summed E-state index contributed by atoms with van der Waals surface area (Å²) in [6.07, 6.45) is -0.783. The summed E-state index contributed by atoms with van der Waals surface area (Å²) in [5.74, 6) is 0.150. The van der Waals surface area contributed by atoms with Gasteiger partial charge in [0.1, 0.15) is 0 Å². The van der Waals surface area contributed by atoms with Crippen LogP contribution in [-0.4, -0.2) is 67.6 Å². The summed E-state index contributed by atoms with van der Waals surface area (Å²) in [5.41, 5.74) is 1.57. The molecule has 2 fully saturated rings. The van der Waals surface area contributed by atoms with Gasteiger partial charge in [-0.3, -0.25) is 4.79 Å². The van der Waals surface area contributed by atoms with Crippen molar-refractivity contribution < 1.29 is 18.0 Å². The summed E-state index contributed by atoms with van der Waals surface area (Å²) < 4.78 is 39.7. The number of benzene rings is 2. The van der Waals surface area contributed by atoms with Gasteiger partial charge < -0.3 is 20.0 Å². The SMILES string of the molecule is Cc1ccc(N2CCCN(CCCC(=O)N3CCC(Nc4ccc(C#N)c(C(F)(F)F)c4)CC3)CC2)cc1. The Hall–Kier alpha value is -3.25. The second kappa shape index (κ2) is 12.5. The van der Waals surface area contributed by atoms with Crippen molar-refractivity contribution in [2.45, 2.75) is 51.2 Å². The molecular weight excluding hydrogens is 491 g/mol. The number of anilines is 2. The highest BCUT2D eigenvalue weighted by molar-refractivity contribution is 5.76. The molecule has 0 saturated carbocycles. The Balaban J connectivity index is 1.17. The number of rotatable bonds is 7. The molecule has 0 aliphatic carbocycles. The number of hydrogen-bond donors (Lipinski definition) is 1. The molecule has 0 atom stereocenters. The van der Waals surface area contributed by atoms with Gasteiger partial charge in [-0.25, -0.2) is 0 Å².